The molecule has 0 fully saturated rings. The van der Waals surface area contributed by atoms with Crippen molar-refractivity contribution >= 4 is 15.9 Å². The van der Waals surface area contributed by atoms with Crippen LogP contribution in [0.25, 0.3) is 0 Å². The summed E-state index contributed by atoms with van der Waals surface area (Å²) in [5.41, 5.74) is 6.95. The van der Waals surface area contributed by atoms with Gasteiger partial charge in [-0.1, -0.05) is 34.1 Å². The van der Waals surface area contributed by atoms with Gasteiger partial charge < -0.3 is 11.1 Å². The molecule has 0 saturated heterocycles. The van der Waals surface area contributed by atoms with Crippen molar-refractivity contribution in [1.82, 2.24) is 5.32 Å². The number of halogens is 1. The summed E-state index contributed by atoms with van der Waals surface area (Å²) in [4.78, 5) is 0. The average molecular weight is 269 g/mol. The van der Waals surface area contributed by atoms with Crippen molar-refractivity contribution in [2.24, 2.45) is 5.73 Å². The van der Waals surface area contributed by atoms with E-state index in [1.807, 2.05) is 18.2 Å². The molecule has 3 N–H and O–H groups in total. The van der Waals surface area contributed by atoms with Crippen LogP contribution in [0.1, 0.15) is 18.0 Å². The average Bonchev–Trinajstić information content (AvgIpc) is 2.26. The van der Waals surface area contributed by atoms with Crippen LogP contribution in [0.5, 0.6) is 0 Å². The van der Waals surface area contributed by atoms with E-state index < -0.39 is 0 Å². The lowest BCUT2D eigenvalue weighted by molar-refractivity contribution is 0.548. The molecule has 1 atom stereocenters. The highest BCUT2D eigenvalue weighted by molar-refractivity contribution is 9.10. The molecule has 1 aromatic rings. The standard InChI is InChI=1S/C12H17BrN2/c1-2-3-8-15-12(9-14)10-4-6-11(13)7-5-10/h2,4-7,12,15H,1,3,8-9,14H2. The number of hydrogen-bond donors (Lipinski definition) is 2. The van der Waals surface area contributed by atoms with Crippen LogP contribution in [-0.2, 0) is 0 Å². The first-order valence-corrected chi connectivity index (χ1v) is 5.87. The highest BCUT2D eigenvalue weighted by atomic mass is 79.9. The molecule has 0 aliphatic rings. The first-order valence-electron chi connectivity index (χ1n) is 5.07. The van der Waals surface area contributed by atoms with Gasteiger partial charge in [0.1, 0.15) is 0 Å². The topological polar surface area (TPSA) is 38.0 Å². The van der Waals surface area contributed by atoms with Crippen molar-refractivity contribution in [1.29, 1.82) is 0 Å². The first-order chi connectivity index (χ1) is 7.27. The first kappa shape index (κ1) is 12.4. The SMILES string of the molecule is C=CCCNC(CN)c1ccc(Br)cc1. The monoisotopic (exact) mass is 268 g/mol. The molecule has 0 aromatic heterocycles. The lowest BCUT2D eigenvalue weighted by Gasteiger charge is -2.16. The van der Waals surface area contributed by atoms with Gasteiger partial charge in [0.25, 0.3) is 0 Å². The van der Waals surface area contributed by atoms with Gasteiger partial charge in [-0.3, -0.25) is 0 Å². The second-order valence-corrected chi connectivity index (χ2v) is 4.29. The van der Waals surface area contributed by atoms with Gasteiger partial charge in [0, 0.05) is 17.1 Å². The molecule has 0 aliphatic carbocycles. The van der Waals surface area contributed by atoms with Crippen LogP contribution in [0.15, 0.2) is 41.4 Å². The Kier molecular flexibility index (Phi) is 5.61. The van der Waals surface area contributed by atoms with Crippen LogP contribution < -0.4 is 11.1 Å². The lowest BCUT2D eigenvalue weighted by atomic mass is 10.1. The van der Waals surface area contributed by atoms with Crippen molar-refractivity contribution in [2.45, 2.75) is 12.5 Å². The summed E-state index contributed by atoms with van der Waals surface area (Å²) in [7, 11) is 0. The summed E-state index contributed by atoms with van der Waals surface area (Å²) in [5.74, 6) is 0. The molecule has 2 nitrogen and oxygen atoms in total. The maximum atomic E-state index is 5.73. The van der Waals surface area contributed by atoms with E-state index in [-0.39, 0.29) is 6.04 Å². The smallest absolute Gasteiger partial charge is 0.0444 e. The fraction of sp³-hybridized carbons (Fsp3) is 0.333. The van der Waals surface area contributed by atoms with Crippen LogP contribution in [0, 0.1) is 0 Å². The lowest BCUT2D eigenvalue weighted by Crippen LogP contribution is -2.28. The summed E-state index contributed by atoms with van der Waals surface area (Å²) < 4.78 is 1.09. The van der Waals surface area contributed by atoms with Crippen molar-refractivity contribution in [3.8, 4) is 0 Å². The minimum Gasteiger partial charge on any atom is -0.329 e. The second kappa shape index (κ2) is 6.77. The molecule has 0 radical (unpaired) electrons. The van der Waals surface area contributed by atoms with Gasteiger partial charge in [0.15, 0.2) is 0 Å². The number of rotatable bonds is 6. The molecule has 0 saturated carbocycles. The van der Waals surface area contributed by atoms with Crippen LogP contribution >= 0.6 is 15.9 Å². The summed E-state index contributed by atoms with van der Waals surface area (Å²) in [6.45, 7) is 5.22. The predicted octanol–water partition coefficient (Wildman–Crippen LogP) is 2.61. The van der Waals surface area contributed by atoms with Gasteiger partial charge >= 0.3 is 0 Å². The molecule has 0 amide bonds. The quantitative estimate of drug-likeness (QED) is 0.615. The van der Waals surface area contributed by atoms with Gasteiger partial charge in [-0.15, -0.1) is 6.58 Å². The van der Waals surface area contributed by atoms with E-state index in [0.717, 1.165) is 17.4 Å². The molecule has 1 rings (SSSR count). The zero-order valence-corrected chi connectivity index (χ0v) is 10.3. The number of hydrogen-bond acceptors (Lipinski definition) is 2. The Bertz CT molecular complexity index is 295. The van der Waals surface area contributed by atoms with Gasteiger partial charge in [-0.2, -0.15) is 0 Å². The largest absolute Gasteiger partial charge is 0.329 e. The summed E-state index contributed by atoms with van der Waals surface area (Å²) in [6.07, 6.45) is 2.87. The maximum Gasteiger partial charge on any atom is 0.0444 e. The highest BCUT2D eigenvalue weighted by Crippen LogP contribution is 2.16. The van der Waals surface area contributed by atoms with Crippen LogP contribution in [0.2, 0.25) is 0 Å². The third-order valence-corrected chi connectivity index (χ3v) is 2.78. The van der Waals surface area contributed by atoms with Gasteiger partial charge in [-0.05, 0) is 30.7 Å². The van der Waals surface area contributed by atoms with Crippen LogP contribution in [-0.4, -0.2) is 13.1 Å². The minimum atomic E-state index is 0.234. The number of nitrogens with one attached hydrogen (secondary N) is 1. The normalized spacial score (nSPS) is 12.4. The fourth-order valence-electron chi connectivity index (χ4n) is 1.39. The molecule has 82 valence electrons. The molecule has 0 bridgehead atoms. The molecule has 1 aromatic carbocycles. The predicted molar refractivity (Wildman–Crippen MR) is 68.8 cm³/mol. The fourth-order valence-corrected chi connectivity index (χ4v) is 1.66. The van der Waals surface area contributed by atoms with E-state index in [1.54, 1.807) is 0 Å². The van der Waals surface area contributed by atoms with E-state index >= 15 is 0 Å². The summed E-state index contributed by atoms with van der Waals surface area (Å²) in [5, 5.41) is 3.39. The molecular weight excluding hydrogens is 252 g/mol. The zero-order chi connectivity index (χ0) is 11.1. The van der Waals surface area contributed by atoms with E-state index in [2.05, 4.69) is 40.0 Å². The number of nitrogens with two attached hydrogens (primary N) is 1. The highest BCUT2D eigenvalue weighted by Gasteiger charge is 2.07. The Labute approximate surface area is 99.7 Å². The molecule has 0 spiro atoms. The van der Waals surface area contributed by atoms with Crippen molar-refractivity contribution < 1.29 is 0 Å². The van der Waals surface area contributed by atoms with E-state index in [1.165, 1.54) is 5.56 Å². The Morgan fingerprint density at radius 1 is 1.40 bits per heavy atom. The van der Waals surface area contributed by atoms with E-state index in [0.29, 0.717) is 6.54 Å². The maximum absolute atomic E-state index is 5.73. The van der Waals surface area contributed by atoms with Crippen molar-refractivity contribution in [3.63, 3.8) is 0 Å². The zero-order valence-electron chi connectivity index (χ0n) is 8.75. The second-order valence-electron chi connectivity index (χ2n) is 3.37. The molecule has 1 unspecified atom stereocenters. The summed E-state index contributed by atoms with van der Waals surface area (Å²) >= 11 is 3.42. The molecule has 3 heteroatoms. The third kappa shape index (κ3) is 4.16. The Morgan fingerprint density at radius 3 is 2.60 bits per heavy atom. The summed E-state index contributed by atoms with van der Waals surface area (Å²) in [6, 6.07) is 8.48. The number of benzene rings is 1. The minimum absolute atomic E-state index is 0.234. The van der Waals surface area contributed by atoms with Crippen LogP contribution in [0.4, 0.5) is 0 Å². The Balaban J connectivity index is 2.57. The molecule has 0 aliphatic heterocycles. The van der Waals surface area contributed by atoms with E-state index in [4.69, 9.17) is 5.73 Å². The van der Waals surface area contributed by atoms with Crippen LogP contribution in [0.3, 0.4) is 0 Å². The molecular formula is C12H17BrN2. The van der Waals surface area contributed by atoms with E-state index in [9.17, 15) is 0 Å². The Morgan fingerprint density at radius 2 is 2.07 bits per heavy atom. The van der Waals surface area contributed by atoms with Gasteiger partial charge in [0.2, 0.25) is 0 Å². The molecule has 15 heavy (non-hydrogen) atoms. The molecule has 0 heterocycles. The van der Waals surface area contributed by atoms with Gasteiger partial charge in [-0.25, -0.2) is 0 Å². The van der Waals surface area contributed by atoms with Gasteiger partial charge in [0.05, 0.1) is 0 Å². The van der Waals surface area contributed by atoms with Crippen molar-refractivity contribution in [2.75, 3.05) is 13.1 Å². The third-order valence-electron chi connectivity index (χ3n) is 2.25. The Hall–Kier alpha value is -0.640. The van der Waals surface area contributed by atoms with Crippen molar-refractivity contribution in [3.05, 3.63) is 47.0 Å².